The van der Waals surface area contributed by atoms with Gasteiger partial charge in [-0.15, -0.1) is 0 Å². The van der Waals surface area contributed by atoms with Crippen LogP contribution in [0.4, 0.5) is 0 Å². The average Bonchev–Trinajstić information content (AvgIpc) is 2.55. The van der Waals surface area contributed by atoms with Crippen LogP contribution in [0, 0.1) is 0 Å². The first kappa shape index (κ1) is 15.9. The molecule has 118 valence electrons. The normalized spacial score (nSPS) is 17.0. The van der Waals surface area contributed by atoms with E-state index in [9.17, 15) is 0 Å². The van der Waals surface area contributed by atoms with E-state index in [4.69, 9.17) is 16.3 Å². The van der Waals surface area contributed by atoms with E-state index in [2.05, 4.69) is 34.6 Å². The van der Waals surface area contributed by atoms with E-state index in [0.717, 1.165) is 48.8 Å². The van der Waals surface area contributed by atoms with E-state index in [1.54, 1.807) is 11.9 Å². The molecule has 0 atom stereocenters. The molecule has 1 aromatic heterocycles. The van der Waals surface area contributed by atoms with Crippen molar-refractivity contribution in [2.45, 2.75) is 32.3 Å². The Bertz CT molecular complexity index is 656. The Kier molecular flexibility index (Phi) is 5.11. The molecule has 3 nitrogen and oxygen atoms in total. The van der Waals surface area contributed by atoms with Crippen LogP contribution in [0.5, 0.6) is 5.88 Å². The Morgan fingerprint density at radius 2 is 2.14 bits per heavy atom. The number of aromatic nitrogens is 1. The van der Waals surface area contributed by atoms with Crippen LogP contribution >= 0.6 is 23.5 Å². The van der Waals surface area contributed by atoms with Crippen LogP contribution < -0.4 is 4.74 Å². The summed E-state index contributed by atoms with van der Waals surface area (Å²) >= 11 is 8.20. The molecule has 2 heterocycles. The fourth-order valence-electron chi connectivity index (χ4n) is 2.84. The van der Waals surface area contributed by atoms with Crippen LogP contribution in [0.1, 0.15) is 25.5 Å². The molecule has 0 aliphatic carbocycles. The van der Waals surface area contributed by atoms with Crippen molar-refractivity contribution < 1.29 is 4.74 Å². The molecule has 0 saturated carbocycles. The molecule has 0 bridgehead atoms. The first-order valence-electron chi connectivity index (χ1n) is 7.75. The molecule has 22 heavy (non-hydrogen) atoms. The highest BCUT2D eigenvalue weighted by Crippen LogP contribution is 2.33. The Balaban J connectivity index is 1.89. The predicted octanol–water partition coefficient (Wildman–Crippen LogP) is 4.57. The molecule has 2 aromatic rings. The highest BCUT2D eigenvalue weighted by Gasteiger charge is 2.22. The van der Waals surface area contributed by atoms with Gasteiger partial charge < -0.3 is 4.74 Å². The number of piperidine rings is 1. The maximum Gasteiger partial charge on any atom is 0.223 e. The lowest BCUT2D eigenvalue weighted by Gasteiger charge is -2.30. The molecule has 1 fully saturated rings. The van der Waals surface area contributed by atoms with Gasteiger partial charge in [-0.1, -0.05) is 42.6 Å². The van der Waals surface area contributed by atoms with E-state index >= 15 is 0 Å². The number of halogens is 1. The molecule has 0 N–H and O–H groups in total. The summed E-state index contributed by atoms with van der Waals surface area (Å²) in [6.45, 7) is 4.23. The van der Waals surface area contributed by atoms with Crippen molar-refractivity contribution in [3.63, 3.8) is 0 Å². The van der Waals surface area contributed by atoms with E-state index in [1.165, 1.54) is 0 Å². The SMILES string of the molecule is CCc1cc2cccc(Cl)c2c(OC2CCN(SC)CC2)n1. The van der Waals surface area contributed by atoms with Gasteiger partial charge in [0, 0.05) is 18.8 Å². The Labute approximate surface area is 141 Å². The summed E-state index contributed by atoms with van der Waals surface area (Å²) in [5.74, 6) is 0.697. The fourth-order valence-corrected chi connectivity index (χ4v) is 3.68. The van der Waals surface area contributed by atoms with Crippen LogP contribution in [0.15, 0.2) is 24.3 Å². The first-order valence-corrected chi connectivity index (χ1v) is 9.31. The third kappa shape index (κ3) is 3.34. The van der Waals surface area contributed by atoms with E-state index in [1.807, 2.05) is 12.1 Å². The van der Waals surface area contributed by atoms with Gasteiger partial charge in [0.2, 0.25) is 5.88 Å². The highest BCUT2D eigenvalue weighted by molar-refractivity contribution is 7.96. The monoisotopic (exact) mass is 336 g/mol. The van der Waals surface area contributed by atoms with Gasteiger partial charge in [0.05, 0.1) is 10.4 Å². The summed E-state index contributed by atoms with van der Waals surface area (Å²) in [5.41, 5.74) is 1.05. The van der Waals surface area contributed by atoms with Crippen LogP contribution in [0.25, 0.3) is 10.8 Å². The highest BCUT2D eigenvalue weighted by atomic mass is 35.5. The maximum absolute atomic E-state index is 6.39. The second-order valence-corrected chi connectivity index (χ2v) is 6.83. The van der Waals surface area contributed by atoms with E-state index in [-0.39, 0.29) is 6.10 Å². The second-order valence-electron chi connectivity index (χ2n) is 5.54. The first-order chi connectivity index (χ1) is 10.7. The lowest BCUT2D eigenvalue weighted by atomic mass is 10.1. The zero-order chi connectivity index (χ0) is 15.5. The summed E-state index contributed by atoms with van der Waals surface area (Å²) in [6, 6.07) is 8.06. The van der Waals surface area contributed by atoms with Gasteiger partial charge in [-0.25, -0.2) is 4.98 Å². The zero-order valence-corrected chi connectivity index (χ0v) is 14.6. The molecule has 0 spiro atoms. The summed E-state index contributed by atoms with van der Waals surface area (Å²) in [5, 5.41) is 2.76. The smallest absolute Gasteiger partial charge is 0.223 e. The number of fused-ring (bicyclic) bond motifs is 1. The minimum atomic E-state index is 0.225. The average molecular weight is 337 g/mol. The van der Waals surface area contributed by atoms with Gasteiger partial charge in [-0.2, -0.15) is 0 Å². The number of rotatable bonds is 4. The third-order valence-corrected chi connectivity index (χ3v) is 5.32. The van der Waals surface area contributed by atoms with Gasteiger partial charge in [-0.05, 0) is 43.0 Å². The van der Waals surface area contributed by atoms with E-state index in [0.29, 0.717) is 10.9 Å². The molecule has 1 aromatic carbocycles. The number of nitrogens with zero attached hydrogens (tertiary/aromatic N) is 2. The molecule has 1 aliphatic heterocycles. The number of aryl methyl sites for hydroxylation is 1. The zero-order valence-electron chi connectivity index (χ0n) is 13.0. The van der Waals surface area contributed by atoms with Crippen LogP contribution in [-0.4, -0.2) is 34.7 Å². The van der Waals surface area contributed by atoms with Gasteiger partial charge in [-0.3, -0.25) is 4.31 Å². The standard InChI is InChI=1S/C17H21ClN2OS/c1-3-13-11-12-5-4-6-15(18)16(12)17(19-13)21-14-7-9-20(22-2)10-8-14/h4-6,11,14H,3,7-10H2,1-2H3. The number of benzene rings is 1. The Morgan fingerprint density at radius 1 is 1.36 bits per heavy atom. The van der Waals surface area contributed by atoms with Gasteiger partial charge in [0.25, 0.3) is 0 Å². The number of pyridine rings is 1. The fraction of sp³-hybridized carbons (Fsp3) is 0.471. The van der Waals surface area contributed by atoms with Gasteiger partial charge >= 0.3 is 0 Å². The van der Waals surface area contributed by atoms with Gasteiger partial charge in [0.1, 0.15) is 6.10 Å². The number of ether oxygens (including phenoxy) is 1. The van der Waals surface area contributed by atoms with E-state index < -0.39 is 0 Å². The molecule has 0 unspecified atom stereocenters. The van der Waals surface area contributed by atoms with Crippen molar-refractivity contribution in [1.82, 2.24) is 9.29 Å². The molecule has 5 heteroatoms. The number of hydrogen-bond donors (Lipinski definition) is 0. The molecule has 1 aliphatic rings. The van der Waals surface area contributed by atoms with Crippen molar-refractivity contribution in [2.75, 3.05) is 19.3 Å². The molecular weight excluding hydrogens is 316 g/mol. The largest absolute Gasteiger partial charge is 0.474 e. The lowest BCUT2D eigenvalue weighted by molar-refractivity contribution is 0.135. The molecule has 0 amide bonds. The molecular formula is C17H21ClN2OS. The van der Waals surface area contributed by atoms with Crippen molar-refractivity contribution in [3.8, 4) is 5.88 Å². The molecule has 1 saturated heterocycles. The van der Waals surface area contributed by atoms with Crippen molar-refractivity contribution in [2.24, 2.45) is 0 Å². The molecule has 3 rings (SSSR count). The van der Waals surface area contributed by atoms with Crippen molar-refractivity contribution >= 4 is 34.3 Å². The topological polar surface area (TPSA) is 25.4 Å². The Hall–Kier alpha value is -0.970. The second kappa shape index (κ2) is 7.07. The predicted molar refractivity (Wildman–Crippen MR) is 94.9 cm³/mol. The quantitative estimate of drug-likeness (QED) is 0.763. The van der Waals surface area contributed by atoms with Crippen LogP contribution in [0.2, 0.25) is 5.02 Å². The van der Waals surface area contributed by atoms with Crippen LogP contribution in [0.3, 0.4) is 0 Å². The summed E-state index contributed by atoms with van der Waals surface area (Å²) in [4.78, 5) is 4.69. The van der Waals surface area contributed by atoms with Crippen molar-refractivity contribution in [1.29, 1.82) is 0 Å². The molecule has 0 radical (unpaired) electrons. The number of hydrogen-bond acceptors (Lipinski definition) is 4. The maximum atomic E-state index is 6.39. The Morgan fingerprint density at radius 3 is 2.82 bits per heavy atom. The summed E-state index contributed by atoms with van der Waals surface area (Å²) in [7, 11) is 0. The third-order valence-electron chi connectivity index (χ3n) is 4.13. The lowest BCUT2D eigenvalue weighted by Crippen LogP contribution is -2.34. The summed E-state index contributed by atoms with van der Waals surface area (Å²) in [6.07, 6.45) is 5.31. The minimum Gasteiger partial charge on any atom is -0.474 e. The minimum absolute atomic E-state index is 0.225. The summed E-state index contributed by atoms with van der Waals surface area (Å²) < 4.78 is 8.63. The van der Waals surface area contributed by atoms with Crippen molar-refractivity contribution in [3.05, 3.63) is 35.0 Å². The van der Waals surface area contributed by atoms with Crippen LogP contribution in [-0.2, 0) is 6.42 Å². The van der Waals surface area contributed by atoms with Gasteiger partial charge in [0.15, 0.2) is 0 Å².